The van der Waals surface area contributed by atoms with Gasteiger partial charge in [-0.3, -0.25) is 4.79 Å². The van der Waals surface area contributed by atoms with Crippen molar-refractivity contribution in [2.24, 2.45) is 23.2 Å². The summed E-state index contributed by atoms with van der Waals surface area (Å²) in [6, 6.07) is 4.54. The molecule has 5 aliphatic rings. The van der Waals surface area contributed by atoms with Crippen molar-refractivity contribution < 1.29 is 4.79 Å². The molecule has 0 aliphatic heterocycles. The summed E-state index contributed by atoms with van der Waals surface area (Å²) in [7, 11) is 0. The summed E-state index contributed by atoms with van der Waals surface area (Å²) in [5, 5.41) is 3.52. The van der Waals surface area contributed by atoms with Crippen LogP contribution in [0.5, 0.6) is 0 Å². The number of rotatable bonds is 5. The van der Waals surface area contributed by atoms with E-state index in [0.29, 0.717) is 17.9 Å². The fourth-order valence-corrected chi connectivity index (χ4v) is 7.84. The lowest BCUT2D eigenvalue weighted by molar-refractivity contribution is -0.128. The molecule has 1 aromatic heterocycles. The van der Waals surface area contributed by atoms with Crippen LogP contribution in [-0.2, 0) is 10.3 Å². The van der Waals surface area contributed by atoms with Gasteiger partial charge in [0.05, 0.1) is 12.0 Å². The maximum atomic E-state index is 13.2. The van der Waals surface area contributed by atoms with E-state index in [0.717, 1.165) is 30.6 Å². The Labute approximate surface area is 164 Å². The topological polar surface area (TPSA) is 34.0 Å². The number of aromatic nitrogens is 1. The highest BCUT2D eigenvalue weighted by molar-refractivity contribution is 5.77. The fourth-order valence-electron chi connectivity index (χ4n) is 7.84. The normalized spacial score (nSPS) is 37.9. The molecule has 148 valence electrons. The lowest BCUT2D eigenvalue weighted by Crippen LogP contribution is -2.56. The predicted molar refractivity (Wildman–Crippen MR) is 108 cm³/mol. The minimum Gasteiger partial charge on any atom is -0.353 e. The van der Waals surface area contributed by atoms with E-state index in [1.165, 1.54) is 57.8 Å². The Bertz CT molecular complexity index is 635. The van der Waals surface area contributed by atoms with Gasteiger partial charge in [0.25, 0.3) is 0 Å². The molecule has 0 spiro atoms. The van der Waals surface area contributed by atoms with Crippen LogP contribution in [0.15, 0.2) is 24.5 Å². The van der Waals surface area contributed by atoms with Gasteiger partial charge in [-0.15, -0.1) is 0 Å². The molecule has 6 rings (SSSR count). The molecule has 27 heavy (non-hydrogen) atoms. The number of nitrogens with zero attached hydrogens (tertiary/aromatic N) is 1. The summed E-state index contributed by atoms with van der Waals surface area (Å²) in [5.74, 6) is 3.12. The van der Waals surface area contributed by atoms with Gasteiger partial charge >= 0.3 is 0 Å². The Morgan fingerprint density at radius 2 is 1.56 bits per heavy atom. The van der Waals surface area contributed by atoms with Crippen LogP contribution < -0.4 is 5.32 Å². The molecule has 1 heterocycles. The SMILES string of the molecule is CC(NC(=O)CC1(n2cccc2)CCCCC1)C12CC3CC(CC(C3)C1)C2. The molecule has 0 aromatic carbocycles. The maximum Gasteiger partial charge on any atom is 0.222 e. The zero-order valence-electron chi connectivity index (χ0n) is 17.0. The highest BCUT2D eigenvalue weighted by Crippen LogP contribution is 2.61. The van der Waals surface area contributed by atoms with Crippen LogP contribution >= 0.6 is 0 Å². The second-order valence-corrected chi connectivity index (χ2v) is 10.6. The van der Waals surface area contributed by atoms with E-state index in [9.17, 15) is 4.79 Å². The van der Waals surface area contributed by atoms with E-state index in [4.69, 9.17) is 0 Å². The molecule has 0 radical (unpaired) electrons. The van der Waals surface area contributed by atoms with Crippen LogP contribution in [0, 0.1) is 23.2 Å². The van der Waals surface area contributed by atoms with E-state index in [1.807, 2.05) is 0 Å². The van der Waals surface area contributed by atoms with Gasteiger partial charge < -0.3 is 9.88 Å². The lowest BCUT2D eigenvalue weighted by Gasteiger charge is -2.59. The summed E-state index contributed by atoms with van der Waals surface area (Å²) >= 11 is 0. The Morgan fingerprint density at radius 1 is 1.00 bits per heavy atom. The minimum atomic E-state index is 0.00697. The Balaban J connectivity index is 1.28. The third-order valence-electron chi connectivity index (χ3n) is 8.81. The van der Waals surface area contributed by atoms with E-state index < -0.39 is 0 Å². The molecule has 5 aliphatic carbocycles. The van der Waals surface area contributed by atoms with E-state index in [-0.39, 0.29) is 11.4 Å². The van der Waals surface area contributed by atoms with Crippen LogP contribution in [-0.4, -0.2) is 16.5 Å². The van der Waals surface area contributed by atoms with Crippen molar-refractivity contribution in [3.05, 3.63) is 24.5 Å². The highest BCUT2D eigenvalue weighted by Gasteiger charge is 2.53. The maximum absolute atomic E-state index is 13.2. The van der Waals surface area contributed by atoms with Crippen molar-refractivity contribution in [1.29, 1.82) is 0 Å². The molecular weight excluding hydrogens is 332 g/mol. The summed E-state index contributed by atoms with van der Waals surface area (Å²) in [4.78, 5) is 13.2. The molecule has 1 unspecified atom stereocenters. The van der Waals surface area contributed by atoms with Gasteiger partial charge in [-0.05, 0) is 93.6 Å². The molecule has 3 heteroatoms. The Morgan fingerprint density at radius 3 is 2.11 bits per heavy atom. The molecular formula is C24H36N2O. The fraction of sp³-hybridized carbons (Fsp3) is 0.792. The molecule has 5 fully saturated rings. The van der Waals surface area contributed by atoms with Gasteiger partial charge in [0.1, 0.15) is 0 Å². The quantitative estimate of drug-likeness (QED) is 0.756. The molecule has 4 bridgehead atoms. The van der Waals surface area contributed by atoms with Gasteiger partial charge in [-0.25, -0.2) is 0 Å². The van der Waals surface area contributed by atoms with Crippen LogP contribution in [0.4, 0.5) is 0 Å². The molecule has 3 nitrogen and oxygen atoms in total. The average molecular weight is 369 g/mol. The van der Waals surface area contributed by atoms with Gasteiger partial charge in [-0.2, -0.15) is 0 Å². The number of carbonyl (C=O) groups is 1. The second kappa shape index (κ2) is 6.67. The first-order valence-corrected chi connectivity index (χ1v) is 11.5. The first-order chi connectivity index (χ1) is 13.1. The first-order valence-electron chi connectivity index (χ1n) is 11.5. The van der Waals surface area contributed by atoms with Crippen LogP contribution in [0.3, 0.4) is 0 Å². The predicted octanol–water partition coefficient (Wildman–Crippen LogP) is 5.26. The molecule has 1 amide bonds. The van der Waals surface area contributed by atoms with Gasteiger partial charge in [0.15, 0.2) is 0 Å². The molecule has 5 saturated carbocycles. The number of amides is 1. The zero-order chi connectivity index (χ0) is 18.5. The molecule has 1 N–H and O–H groups in total. The average Bonchev–Trinajstić information content (AvgIpc) is 3.16. The smallest absolute Gasteiger partial charge is 0.222 e. The van der Waals surface area contributed by atoms with E-state index >= 15 is 0 Å². The van der Waals surface area contributed by atoms with Crippen LogP contribution in [0.1, 0.15) is 84.0 Å². The van der Waals surface area contributed by atoms with E-state index in [1.54, 1.807) is 0 Å². The highest BCUT2D eigenvalue weighted by atomic mass is 16.1. The second-order valence-electron chi connectivity index (χ2n) is 10.6. The summed E-state index contributed by atoms with van der Waals surface area (Å²) in [6.07, 6.45) is 19.6. The standard InChI is InChI=1S/C24H36N2O/c1-18(23-14-19-11-20(15-23)13-21(12-19)16-23)25-22(27)17-24(7-3-2-4-8-24)26-9-5-6-10-26/h5-6,9-10,18-21H,2-4,7-8,11-17H2,1H3,(H,25,27). The number of carbonyl (C=O) groups excluding carboxylic acids is 1. The van der Waals surface area contributed by atoms with Gasteiger partial charge in [-0.1, -0.05) is 19.3 Å². The monoisotopic (exact) mass is 368 g/mol. The summed E-state index contributed by atoms with van der Waals surface area (Å²) in [6.45, 7) is 2.31. The van der Waals surface area contributed by atoms with Gasteiger partial charge in [0.2, 0.25) is 5.91 Å². The van der Waals surface area contributed by atoms with Crippen molar-refractivity contribution in [2.45, 2.75) is 95.6 Å². The Hall–Kier alpha value is -1.25. The van der Waals surface area contributed by atoms with Crippen molar-refractivity contribution >= 4 is 5.91 Å². The molecule has 1 atom stereocenters. The first kappa shape index (κ1) is 17.8. The van der Waals surface area contributed by atoms with Crippen molar-refractivity contribution in [1.82, 2.24) is 9.88 Å². The number of nitrogens with one attached hydrogen (secondary N) is 1. The van der Waals surface area contributed by atoms with E-state index in [2.05, 4.69) is 41.3 Å². The van der Waals surface area contributed by atoms with Crippen molar-refractivity contribution in [3.63, 3.8) is 0 Å². The lowest BCUT2D eigenvalue weighted by atomic mass is 9.48. The molecule has 0 saturated heterocycles. The molecule has 1 aromatic rings. The number of hydrogen-bond acceptors (Lipinski definition) is 1. The zero-order valence-corrected chi connectivity index (χ0v) is 17.0. The summed E-state index contributed by atoms with van der Waals surface area (Å²) in [5.41, 5.74) is 0.407. The minimum absolute atomic E-state index is 0.00697. The third kappa shape index (κ3) is 3.15. The third-order valence-corrected chi connectivity index (χ3v) is 8.81. The van der Waals surface area contributed by atoms with Crippen LogP contribution in [0.2, 0.25) is 0 Å². The van der Waals surface area contributed by atoms with Crippen LogP contribution in [0.25, 0.3) is 0 Å². The number of hydrogen-bond donors (Lipinski definition) is 1. The van der Waals surface area contributed by atoms with Gasteiger partial charge in [0, 0.05) is 18.4 Å². The van der Waals surface area contributed by atoms with Crippen molar-refractivity contribution in [2.75, 3.05) is 0 Å². The summed E-state index contributed by atoms with van der Waals surface area (Å²) < 4.78 is 2.33. The van der Waals surface area contributed by atoms with Crippen molar-refractivity contribution in [3.8, 4) is 0 Å². The Kier molecular flexibility index (Phi) is 4.40. The largest absolute Gasteiger partial charge is 0.353 e.